The second-order valence-electron chi connectivity index (χ2n) is 7.10. The molecule has 1 fully saturated rings. The van der Waals surface area contributed by atoms with E-state index < -0.39 is 0 Å². The molecule has 136 valence electrons. The van der Waals surface area contributed by atoms with Gasteiger partial charge in [0, 0.05) is 50.7 Å². The maximum Gasteiger partial charge on any atom is 0.223 e. The Bertz CT molecular complexity index is 704. The average Bonchev–Trinajstić information content (AvgIpc) is 3.21. The van der Waals surface area contributed by atoms with Crippen LogP contribution < -0.4 is 0 Å². The molecule has 1 atom stereocenters. The smallest absolute Gasteiger partial charge is 0.223 e. The summed E-state index contributed by atoms with van der Waals surface area (Å²) >= 11 is 0. The van der Waals surface area contributed by atoms with Gasteiger partial charge in [-0.15, -0.1) is 0 Å². The summed E-state index contributed by atoms with van der Waals surface area (Å²) in [6.07, 6.45) is 11.5. The zero-order chi connectivity index (χ0) is 17.8. The van der Waals surface area contributed by atoms with Gasteiger partial charge in [0.25, 0.3) is 0 Å². The van der Waals surface area contributed by atoms with Gasteiger partial charge in [-0.1, -0.05) is 0 Å². The first kappa shape index (κ1) is 17.7. The zero-order valence-corrected chi connectivity index (χ0v) is 15.6. The Hall–Kier alpha value is -2.11. The molecule has 3 heterocycles. The van der Waals surface area contributed by atoms with Crippen molar-refractivity contribution < 1.29 is 4.79 Å². The van der Waals surface area contributed by atoms with E-state index in [9.17, 15) is 4.79 Å². The molecule has 1 aliphatic heterocycles. The van der Waals surface area contributed by atoms with Crippen LogP contribution >= 0.6 is 0 Å². The molecule has 0 spiro atoms. The van der Waals surface area contributed by atoms with E-state index in [4.69, 9.17) is 0 Å². The fourth-order valence-corrected chi connectivity index (χ4v) is 3.90. The summed E-state index contributed by atoms with van der Waals surface area (Å²) in [5, 5.41) is 4.46. The molecular weight excluding hydrogens is 314 g/mol. The van der Waals surface area contributed by atoms with Crippen molar-refractivity contribution in [2.24, 2.45) is 7.05 Å². The second-order valence-corrected chi connectivity index (χ2v) is 7.10. The fourth-order valence-electron chi connectivity index (χ4n) is 3.90. The maximum atomic E-state index is 12.9. The van der Waals surface area contributed by atoms with Gasteiger partial charge in [0.1, 0.15) is 0 Å². The summed E-state index contributed by atoms with van der Waals surface area (Å²) in [5.41, 5.74) is 3.44. The van der Waals surface area contributed by atoms with E-state index in [0.717, 1.165) is 44.5 Å². The minimum absolute atomic E-state index is 0.290. The molecule has 6 nitrogen and oxygen atoms in total. The normalized spacial score (nSPS) is 17.9. The van der Waals surface area contributed by atoms with E-state index in [1.807, 2.05) is 37.4 Å². The number of aryl methyl sites for hydroxylation is 3. The standard InChI is InChI=1S/C19H29N5O/c1-15-18(16(2)22(3)21-15)7-8-19(25)24-11-5-4-6-17(24)9-12-23-13-10-20-14-23/h10,13-14,17H,4-9,11-12H2,1-3H3/t17-/m0/s1. The molecular formula is C19H29N5O. The lowest BCUT2D eigenvalue weighted by molar-refractivity contribution is -0.135. The van der Waals surface area contributed by atoms with Crippen molar-refractivity contribution in [2.75, 3.05) is 6.54 Å². The van der Waals surface area contributed by atoms with Crippen molar-refractivity contribution in [3.05, 3.63) is 35.7 Å². The van der Waals surface area contributed by atoms with E-state index in [-0.39, 0.29) is 5.91 Å². The third-order valence-electron chi connectivity index (χ3n) is 5.47. The van der Waals surface area contributed by atoms with Gasteiger partial charge in [0.05, 0.1) is 12.0 Å². The van der Waals surface area contributed by atoms with Crippen molar-refractivity contribution >= 4 is 5.91 Å². The van der Waals surface area contributed by atoms with E-state index >= 15 is 0 Å². The number of aromatic nitrogens is 4. The molecule has 25 heavy (non-hydrogen) atoms. The Morgan fingerprint density at radius 3 is 2.84 bits per heavy atom. The molecule has 0 unspecified atom stereocenters. The molecule has 0 saturated carbocycles. The van der Waals surface area contributed by atoms with Crippen LogP contribution in [0.5, 0.6) is 0 Å². The maximum absolute atomic E-state index is 12.9. The predicted octanol–water partition coefficient (Wildman–Crippen LogP) is 2.64. The molecule has 0 aliphatic carbocycles. The lowest BCUT2D eigenvalue weighted by Gasteiger charge is -2.36. The van der Waals surface area contributed by atoms with Crippen LogP contribution in [-0.2, 0) is 24.8 Å². The van der Waals surface area contributed by atoms with E-state index in [1.165, 1.54) is 17.7 Å². The summed E-state index contributed by atoms with van der Waals surface area (Å²) in [7, 11) is 1.96. The lowest BCUT2D eigenvalue weighted by atomic mass is 9.98. The molecule has 2 aromatic rings. The van der Waals surface area contributed by atoms with Crippen molar-refractivity contribution in [2.45, 2.75) is 65.0 Å². The predicted molar refractivity (Wildman–Crippen MR) is 97.2 cm³/mol. The fraction of sp³-hybridized carbons (Fsp3) is 0.632. The molecule has 2 aromatic heterocycles. The molecule has 0 radical (unpaired) electrons. The van der Waals surface area contributed by atoms with Gasteiger partial charge in [-0.05, 0) is 51.5 Å². The van der Waals surface area contributed by atoms with Crippen LogP contribution in [0, 0.1) is 13.8 Å². The SMILES string of the molecule is Cc1nn(C)c(C)c1CCC(=O)N1CCCC[C@H]1CCn1ccnc1. The second kappa shape index (κ2) is 7.85. The molecule has 1 amide bonds. The quantitative estimate of drug-likeness (QED) is 0.810. The highest BCUT2D eigenvalue weighted by atomic mass is 16.2. The van der Waals surface area contributed by atoms with Gasteiger partial charge in [0.15, 0.2) is 0 Å². The summed E-state index contributed by atoms with van der Waals surface area (Å²) in [6.45, 7) is 5.93. The van der Waals surface area contributed by atoms with Crippen LogP contribution in [0.1, 0.15) is 49.1 Å². The highest BCUT2D eigenvalue weighted by Crippen LogP contribution is 2.22. The molecule has 3 rings (SSSR count). The summed E-state index contributed by atoms with van der Waals surface area (Å²) in [4.78, 5) is 19.1. The first-order chi connectivity index (χ1) is 12.1. The number of carbonyl (C=O) groups excluding carboxylic acids is 1. The largest absolute Gasteiger partial charge is 0.340 e. The van der Waals surface area contributed by atoms with Gasteiger partial charge in [0.2, 0.25) is 5.91 Å². The number of likely N-dealkylation sites (tertiary alicyclic amines) is 1. The van der Waals surface area contributed by atoms with Gasteiger partial charge >= 0.3 is 0 Å². The van der Waals surface area contributed by atoms with Crippen LogP contribution in [0.2, 0.25) is 0 Å². The average molecular weight is 343 g/mol. The van der Waals surface area contributed by atoms with Crippen LogP contribution in [0.15, 0.2) is 18.7 Å². The monoisotopic (exact) mass is 343 g/mol. The number of nitrogens with zero attached hydrogens (tertiary/aromatic N) is 5. The van der Waals surface area contributed by atoms with Crippen LogP contribution in [0.3, 0.4) is 0 Å². The van der Waals surface area contributed by atoms with Crippen LogP contribution in [0.25, 0.3) is 0 Å². The van der Waals surface area contributed by atoms with Gasteiger partial charge in [-0.3, -0.25) is 9.48 Å². The first-order valence-electron chi connectivity index (χ1n) is 9.30. The highest BCUT2D eigenvalue weighted by molar-refractivity contribution is 5.77. The minimum atomic E-state index is 0.290. The molecule has 1 aliphatic rings. The lowest BCUT2D eigenvalue weighted by Crippen LogP contribution is -2.44. The minimum Gasteiger partial charge on any atom is -0.340 e. The topological polar surface area (TPSA) is 56.0 Å². The van der Waals surface area contributed by atoms with E-state index in [2.05, 4.69) is 26.5 Å². The first-order valence-corrected chi connectivity index (χ1v) is 9.30. The molecule has 0 aromatic carbocycles. The highest BCUT2D eigenvalue weighted by Gasteiger charge is 2.26. The number of hydrogen-bond donors (Lipinski definition) is 0. The number of piperidine rings is 1. The Balaban J connectivity index is 1.58. The Morgan fingerprint density at radius 2 is 2.16 bits per heavy atom. The Labute approximate surface area is 149 Å². The molecule has 6 heteroatoms. The van der Waals surface area contributed by atoms with Gasteiger partial charge < -0.3 is 9.47 Å². The number of imidazole rings is 1. The third kappa shape index (κ3) is 4.11. The summed E-state index contributed by atoms with van der Waals surface area (Å²) in [6, 6.07) is 0.361. The van der Waals surface area contributed by atoms with Crippen LogP contribution in [-0.4, -0.2) is 42.7 Å². The number of hydrogen-bond acceptors (Lipinski definition) is 3. The third-order valence-corrected chi connectivity index (χ3v) is 5.47. The molecule has 1 saturated heterocycles. The van der Waals surface area contributed by atoms with Crippen molar-refractivity contribution in [3.63, 3.8) is 0 Å². The molecule has 0 N–H and O–H groups in total. The zero-order valence-electron chi connectivity index (χ0n) is 15.6. The van der Waals surface area contributed by atoms with Crippen molar-refractivity contribution in [1.29, 1.82) is 0 Å². The van der Waals surface area contributed by atoms with Crippen molar-refractivity contribution in [3.8, 4) is 0 Å². The number of amides is 1. The van der Waals surface area contributed by atoms with Gasteiger partial charge in [-0.25, -0.2) is 4.98 Å². The Kier molecular flexibility index (Phi) is 5.56. The van der Waals surface area contributed by atoms with Crippen LogP contribution in [0.4, 0.5) is 0 Å². The summed E-state index contributed by atoms with van der Waals surface area (Å²) < 4.78 is 4.00. The Morgan fingerprint density at radius 1 is 1.32 bits per heavy atom. The van der Waals surface area contributed by atoms with E-state index in [1.54, 1.807) is 0 Å². The summed E-state index contributed by atoms with van der Waals surface area (Å²) in [5.74, 6) is 0.290. The number of rotatable bonds is 6. The van der Waals surface area contributed by atoms with E-state index in [0.29, 0.717) is 12.5 Å². The van der Waals surface area contributed by atoms with Crippen molar-refractivity contribution in [1.82, 2.24) is 24.2 Å². The molecule has 0 bridgehead atoms. The van der Waals surface area contributed by atoms with Gasteiger partial charge in [-0.2, -0.15) is 5.10 Å². The number of carbonyl (C=O) groups is 1.